The number of halogens is 1. The van der Waals surface area contributed by atoms with Crippen molar-refractivity contribution in [3.05, 3.63) is 77.0 Å². The Morgan fingerprint density at radius 1 is 1.16 bits per heavy atom. The molecule has 5 nitrogen and oxygen atoms in total. The third-order valence-corrected chi connectivity index (χ3v) is 3.68. The molecule has 0 aliphatic carbocycles. The normalized spacial score (nSPS) is 10.9. The van der Waals surface area contributed by atoms with Gasteiger partial charge < -0.3 is 9.36 Å². The Labute approximate surface area is 149 Å². The molecular formula is C19H15ClN2O3. The van der Waals surface area contributed by atoms with Crippen LogP contribution in [-0.4, -0.2) is 17.2 Å². The van der Waals surface area contributed by atoms with E-state index in [9.17, 15) is 4.79 Å². The molecule has 0 bridgehead atoms. The van der Waals surface area contributed by atoms with Crippen molar-refractivity contribution in [2.45, 2.75) is 13.0 Å². The molecule has 0 radical (unpaired) electrons. The standard InChI is InChI=1S/C19H15ClN2O3/c20-16-8-6-14(7-9-16)13-24-21-11-10-18(23)19-12-17(22-25-19)15-4-2-1-3-5-15/h1-9,11-12H,10,13H2/b21-11-. The fourth-order valence-corrected chi connectivity index (χ4v) is 2.24. The minimum absolute atomic E-state index is 0.0735. The maximum atomic E-state index is 12.1. The quantitative estimate of drug-likeness (QED) is 0.348. The Balaban J connectivity index is 1.49. The van der Waals surface area contributed by atoms with Crippen molar-refractivity contribution in [2.75, 3.05) is 0 Å². The summed E-state index contributed by atoms with van der Waals surface area (Å²) in [5.74, 6) is -0.0171. The van der Waals surface area contributed by atoms with Crippen LogP contribution in [0.3, 0.4) is 0 Å². The van der Waals surface area contributed by atoms with E-state index in [2.05, 4.69) is 10.3 Å². The van der Waals surface area contributed by atoms with Crippen LogP contribution in [-0.2, 0) is 11.4 Å². The Morgan fingerprint density at radius 2 is 1.92 bits per heavy atom. The molecule has 2 aromatic carbocycles. The van der Waals surface area contributed by atoms with E-state index >= 15 is 0 Å². The van der Waals surface area contributed by atoms with E-state index in [-0.39, 0.29) is 18.0 Å². The number of hydrogen-bond acceptors (Lipinski definition) is 5. The minimum Gasteiger partial charge on any atom is -0.391 e. The average Bonchev–Trinajstić information content (AvgIpc) is 3.14. The number of carbonyl (C=O) groups excluding carboxylic acids is 1. The van der Waals surface area contributed by atoms with Crippen molar-refractivity contribution in [1.82, 2.24) is 5.16 Å². The molecule has 0 fully saturated rings. The van der Waals surface area contributed by atoms with Crippen molar-refractivity contribution < 1.29 is 14.2 Å². The lowest BCUT2D eigenvalue weighted by atomic mass is 10.1. The van der Waals surface area contributed by atoms with Crippen molar-refractivity contribution in [3.8, 4) is 11.3 Å². The molecule has 0 saturated heterocycles. The molecule has 0 spiro atoms. The van der Waals surface area contributed by atoms with Gasteiger partial charge in [-0.3, -0.25) is 4.79 Å². The number of carbonyl (C=O) groups is 1. The maximum absolute atomic E-state index is 12.1. The number of aromatic nitrogens is 1. The van der Waals surface area contributed by atoms with Crippen molar-refractivity contribution in [2.24, 2.45) is 5.16 Å². The van der Waals surface area contributed by atoms with Gasteiger partial charge in [0.1, 0.15) is 12.3 Å². The van der Waals surface area contributed by atoms with Gasteiger partial charge in [-0.05, 0) is 17.7 Å². The lowest BCUT2D eigenvalue weighted by molar-refractivity contribution is 0.0961. The van der Waals surface area contributed by atoms with E-state index < -0.39 is 0 Å². The first-order valence-electron chi connectivity index (χ1n) is 7.66. The van der Waals surface area contributed by atoms with Crippen LogP contribution in [0.25, 0.3) is 11.3 Å². The highest BCUT2D eigenvalue weighted by Crippen LogP contribution is 2.19. The summed E-state index contributed by atoms with van der Waals surface area (Å²) >= 11 is 5.81. The molecular weight excluding hydrogens is 340 g/mol. The fraction of sp³-hybridized carbons (Fsp3) is 0.105. The summed E-state index contributed by atoms with van der Waals surface area (Å²) in [5.41, 5.74) is 2.46. The lowest BCUT2D eigenvalue weighted by Crippen LogP contribution is -1.98. The molecule has 0 atom stereocenters. The first-order chi connectivity index (χ1) is 12.2. The second-order valence-corrected chi connectivity index (χ2v) is 5.69. The minimum atomic E-state index is -0.214. The second-order valence-electron chi connectivity index (χ2n) is 5.26. The molecule has 25 heavy (non-hydrogen) atoms. The van der Waals surface area contributed by atoms with Gasteiger partial charge in [-0.1, -0.05) is 64.4 Å². The van der Waals surface area contributed by atoms with Crippen molar-refractivity contribution in [3.63, 3.8) is 0 Å². The number of nitrogens with zero attached hydrogens (tertiary/aromatic N) is 2. The molecule has 126 valence electrons. The van der Waals surface area contributed by atoms with Crippen molar-refractivity contribution >= 4 is 23.6 Å². The lowest BCUT2D eigenvalue weighted by Gasteiger charge is -1.99. The van der Waals surface area contributed by atoms with E-state index in [1.165, 1.54) is 6.21 Å². The van der Waals surface area contributed by atoms with E-state index in [0.717, 1.165) is 11.1 Å². The van der Waals surface area contributed by atoms with Gasteiger partial charge in [-0.25, -0.2) is 0 Å². The van der Waals surface area contributed by atoms with E-state index in [0.29, 0.717) is 17.3 Å². The van der Waals surface area contributed by atoms with Gasteiger partial charge in [-0.15, -0.1) is 0 Å². The zero-order valence-electron chi connectivity index (χ0n) is 13.3. The fourth-order valence-electron chi connectivity index (χ4n) is 2.12. The number of rotatable bonds is 7. The summed E-state index contributed by atoms with van der Waals surface area (Å²) < 4.78 is 5.10. The maximum Gasteiger partial charge on any atom is 0.206 e. The average molecular weight is 355 g/mol. The Hall–Kier alpha value is -2.92. The molecule has 0 N–H and O–H groups in total. The van der Waals surface area contributed by atoms with Gasteiger partial charge in [0.2, 0.25) is 11.5 Å². The summed E-state index contributed by atoms with van der Waals surface area (Å²) in [4.78, 5) is 17.2. The van der Waals surface area contributed by atoms with Crippen LogP contribution in [0.5, 0.6) is 0 Å². The van der Waals surface area contributed by atoms with Crippen molar-refractivity contribution in [1.29, 1.82) is 0 Å². The van der Waals surface area contributed by atoms with Crippen LogP contribution in [0.2, 0.25) is 5.02 Å². The number of ketones is 1. The number of hydrogen-bond donors (Lipinski definition) is 0. The molecule has 1 heterocycles. The topological polar surface area (TPSA) is 64.7 Å². The zero-order valence-corrected chi connectivity index (χ0v) is 14.0. The van der Waals surface area contributed by atoms with Crippen LogP contribution >= 0.6 is 11.6 Å². The van der Waals surface area contributed by atoms with E-state index in [4.69, 9.17) is 21.0 Å². The highest BCUT2D eigenvalue weighted by Gasteiger charge is 2.12. The van der Waals surface area contributed by atoms with E-state index in [1.807, 2.05) is 42.5 Å². The van der Waals surface area contributed by atoms with Crippen LogP contribution < -0.4 is 0 Å². The second kappa shape index (κ2) is 8.26. The zero-order chi connectivity index (χ0) is 17.5. The Morgan fingerprint density at radius 3 is 2.68 bits per heavy atom. The summed E-state index contributed by atoms with van der Waals surface area (Å²) in [7, 11) is 0. The molecule has 3 rings (SSSR count). The molecule has 0 aliphatic heterocycles. The summed E-state index contributed by atoms with van der Waals surface area (Å²) in [5, 5.41) is 8.36. The number of benzene rings is 2. The predicted octanol–water partition coefficient (Wildman–Crippen LogP) is 4.77. The highest BCUT2D eigenvalue weighted by molar-refractivity contribution is 6.30. The van der Waals surface area contributed by atoms with Gasteiger partial charge in [0.25, 0.3) is 0 Å². The summed E-state index contributed by atoms with van der Waals surface area (Å²) in [6.45, 7) is 0.308. The SMILES string of the molecule is O=C(C/C=N\OCc1ccc(Cl)cc1)c1cc(-c2ccccc2)no1. The molecule has 3 aromatic rings. The number of oxime groups is 1. The molecule has 0 amide bonds. The highest BCUT2D eigenvalue weighted by atomic mass is 35.5. The van der Waals surface area contributed by atoms with Gasteiger partial charge in [0, 0.05) is 16.7 Å². The van der Waals surface area contributed by atoms with Gasteiger partial charge in [0.05, 0.1) is 12.6 Å². The van der Waals surface area contributed by atoms with E-state index in [1.54, 1.807) is 18.2 Å². The molecule has 0 saturated carbocycles. The third-order valence-electron chi connectivity index (χ3n) is 3.42. The number of Topliss-reactive ketones (excluding diaryl/α,β-unsaturated/α-hetero) is 1. The van der Waals surface area contributed by atoms with Gasteiger partial charge in [0.15, 0.2) is 0 Å². The van der Waals surface area contributed by atoms with Gasteiger partial charge >= 0.3 is 0 Å². The smallest absolute Gasteiger partial charge is 0.206 e. The van der Waals surface area contributed by atoms with Crippen LogP contribution in [0.1, 0.15) is 22.5 Å². The first kappa shape index (κ1) is 16.9. The van der Waals surface area contributed by atoms with Gasteiger partial charge in [-0.2, -0.15) is 0 Å². The Kier molecular flexibility index (Phi) is 5.59. The first-order valence-corrected chi connectivity index (χ1v) is 8.04. The van der Waals surface area contributed by atoms with Crippen LogP contribution in [0.15, 0.2) is 70.3 Å². The Bertz CT molecular complexity index is 858. The monoisotopic (exact) mass is 354 g/mol. The predicted molar refractivity (Wildman–Crippen MR) is 95.6 cm³/mol. The molecule has 0 unspecified atom stereocenters. The third kappa shape index (κ3) is 4.78. The summed E-state index contributed by atoms with van der Waals surface area (Å²) in [6, 6.07) is 18.4. The molecule has 0 aliphatic rings. The van der Waals surface area contributed by atoms with Crippen LogP contribution in [0, 0.1) is 0 Å². The largest absolute Gasteiger partial charge is 0.391 e. The molecule has 6 heteroatoms. The van der Waals surface area contributed by atoms with Crippen LogP contribution in [0.4, 0.5) is 0 Å². The molecule has 1 aromatic heterocycles. The summed E-state index contributed by atoms with van der Waals surface area (Å²) in [6.07, 6.45) is 1.48.